The standard InChI is InChI=1S/C12H20ClN5/c1-3-7-17(4-2)11-14-10(13)15-12(16-11)18-8-5-6-9-18/h3-9H2,1-2H3. The molecular formula is C12H20ClN5. The molecule has 1 aliphatic rings. The van der Waals surface area contributed by atoms with Crippen molar-refractivity contribution in [2.75, 3.05) is 36.0 Å². The first-order chi connectivity index (χ1) is 8.74. The van der Waals surface area contributed by atoms with Gasteiger partial charge in [0.15, 0.2) is 0 Å². The third-order valence-electron chi connectivity index (χ3n) is 3.13. The van der Waals surface area contributed by atoms with Crippen molar-refractivity contribution in [1.29, 1.82) is 0 Å². The highest BCUT2D eigenvalue weighted by molar-refractivity contribution is 6.28. The van der Waals surface area contributed by atoms with E-state index in [2.05, 4.69) is 38.6 Å². The van der Waals surface area contributed by atoms with Crippen molar-refractivity contribution < 1.29 is 0 Å². The Morgan fingerprint density at radius 3 is 2.50 bits per heavy atom. The number of aromatic nitrogens is 3. The zero-order chi connectivity index (χ0) is 13.0. The number of anilines is 2. The van der Waals surface area contributed by atoms with Gasteiger partial charge in [-0.3, -0.25) is 0 Å². The molecule has 0 radical (unpaired) electrons. The first kappa shape index (κ1) is 13.3. The van der Waals surface area contributed by atoms with Crippen molar-refractivity contribution >= 4 is 23.5 Å². The Bertz CT molecular complexity index is 392. The largest absolute Gasteiger partial charge is 0.341 e. The summed E-state index contributed by atoms with van der Waals surface area (Å²) < 4.78 is 0. The minimum Gasteiger partial charge on any atom is -0.341 e. The van der Waals surface area contributed by atoms with Crippen LogP contribution in [0.1, 0.15) is 33.1 Å². The van der Waals surface area contributed by atoms with Crippen molar-refractivity contribution in [2.24, 2.45) is 0 Å². The van der Waals surface area contributed by atoms with Gasteiger partial charge in [0.25, 0.3) is 0 Å². The van der Waals surface area contributed by atoms with E-state index in [-0.39, 0.29) is 5.28 Å². The van der Waals surface area contributed by atoms with Crippen LogP contribution in [-0.4, -0.2) is 41.1 Å². The summed E-state index contributed by atoms with van der Waals surface area (Å²) in [5.74, 6) is 1.42. The summed E-state index contributed by atoms with van der Waals surface area (Å²) in [7, 11) is 0. The zero-order valence-corrected chi connectivity index (χ0v) is 11.8. The fourth-order valence-electron chi connectivity index (χ4n) is 2.20. The Balaban J connectivity index is 2.24. The van der Waals surface area contributed by atoms with Gasteiger partial charge < -0.3 is 9.80 Å². The lowest BCUT2D eigenvalue weighted by molar-refractivity contribution is 0.751. The molecule has 1 aliphatic heterocycles. The highest BCUT2D eigenvalue weighted by Crippen LogP contribution is 2.20. The fraction of sp³-hybridized carbons (Fsp3) is 0.750. The molecule has 1 aromatic heterocycles. The molecule has 0 unspecified atom stereocenters. The second-order valence-corrected chi connectivity index (χ2v) is 4.82. The summed E-state index contributed by atoms with van der Waals surface area (Å²) in [6.07, 6.45) is 3.46. The summed E-state index contributed by atoms with van der Waals surface area (Å²) in [5, 5.41) is 0.288. The lowest BCUT2D eigenvalue weighted by Gasteiger charge is -2.22. The second kappa shape index (κ2) is 6.18. The molecule has 18 heavy (non-hydrogen) atoms. The monoisotopic (exact) mass is 269 g/mol. The van der Waals surface area contributed by atoms with Crippen molar-refractivity contribution in [2.45, 2.75) is 33.1 Å². The van der Waals surface area contributed by atoms with Crippen LogP contribution < -0.4 is 9.80 Å². The van der Waals surface area contributed by atoms with Crippen LogP contribution in [0.15, 0.2) is 0 Å². The van der Waals surface area contributed by atoms with Crippen LogP contribution >= 0.6 is 11.6 Å². The van der Waals surface area contributed by atoms with Crippen molar-refractivity contribution in [1.82, 2.24) is 15.0 Å². The molecule has 0 aliphatic carbocycles. The summed E-state index contributed by atoms with van der Waals surface area (Å²) in [6, 6.07) is 0. The van der Waals surface area contributed by atoms with Crippen LogP contribution in [-0.2, 0) is 0 Å². The number of hydrogen-bond donors (Lipinski definition) is 0. The Morgan fingerprint density at radius 2 is 1.89 bits per heavy atom. The average Bonchev–Trinajstić information content (AvgIpc) is 2.89. The highest BCUT2D eigenvalue weighted by Gasteiger charge is 2.18. The summed E-state index contributed by atoms with van der Waals surface area (Å²) in [4.78, 5) is 17.3. The van der Waals surface area contributed by atoms with Gasteiger partial charge in [-0.1, -0.05) is 6.92 Å². The fourth-order valence-corrected chi connectivity index (χ4v) is 2.35. The maximum absolute atomic E-state index is 6.01. The van der Waals surface area contributed by atoms with E-state index in [0.29, 0.717) is 5.95 Å². The van der Waals surface area contributed by atoms with Crippen LogP contribution in [0.2, 0.25) is 5.28 Å². The molecule has 1 aromatic rings. The van der Waals surface area contributed by atoms with Crippen molar-refractivity contribution in [3.8, 4) is 0 Å². The molecule has 2 rings (SSSR count). The number of halogens is 1. The molecule has 6 heteroatoms. The summed E-state index contributed by atoms with van der Waals surface area (Å²) >= 11 is 6.01. The summed E-state index contributed by atoms with van der Waals surface area (Å²) in [6.45, 7) is 8.10. The van der Waals surface area contributed by atoms with Gasteiger partial charge in [-0.25, -0.2) is 0 Å². The molecule has 1 fully saturated rings. The van der Waals surface area contributed by atoms with E-state index in [1.807, 2.05) is 0 Å². The molecule has 5 nitrogen and oxygen atoms in total. The SMILES string of the molecule is CCCN(CC)c1nc(Cl)nc(N2CCCC2)n1. The van der Waals surface area contributed by atoms with E-state index in [4.69, 9.17) is 11.6 Å². The van der Waals surface area contributed by atoms with Gasteiger partial charge in [-0.2, -0.15) is 15.0 Å². The van der Waals surface area contributed by atoms with Gasteiger partial charge in [-0.05, 0) is 37.8 Å². The Kier molecular flexibility index (Phi) is 4.58. The first-order valence-corrected chi connectivity index (χ1v) is 7.03. The minimum atomic E-state index is 0.288. The van der Waals surface area contributed by atoms with Crippen LogP contribution in [0.3, 0.4) is 0 Å². The molecule has 0 bridgehead atoms. The Hall–Kier alpha value is -1.10. The topological polar surface area (TPSA) is 45.2 Å². The molecule has 2 heterocycles. The molecular weight excluding hydrogens is 250 g/mol. The van der Waals surface area contributed by atoms with E-state index in [9.17, 15) is 0 Å². The zero-order valence-electron chi connectivity index (χ0n) is 11.1. The normalized spacial score (nSPS) is 15.2. The third-order valence-corrected chi connectivity index (χ3v) is 3.30. The molecule has 0 spiro atoms. The molecule has 1 saturated heterocycles. The van der Waals surface area contributed by atoms with E-state index in [1.165, 1.54) is 12.8 Å². The third kappa shape index (κ3) is 3.02. The lowest BCUT2D eigenvalue weighted by Crippen LogP contribution is -2.28. The maximum Gasteiger partial charge on any atom is 0.231 e. The van der Waals surface area contributed by atoms with Crippen LogP contribution in [0.5, 0.6) is 0 Å². The van der Waals surface area contributed by atoms with E-state index >= 15 is 0 Å². The van der Waals surface area contributed by atoms with Gasteiger partial charge in [-0.15, -0.1) is 0 Å². The molecule has 100 valence electrons. The van der Waals surface area contributed by atoms with Gasteiger partial charge in [0, 0.05) is 26.2 Å². The quantitative estimate of drug-likeness (QED) is 0.821. The van der Waals surface area contributed by atoms with Crippen LogP contribution in [0.4, 0.5) is 11.9 Å². The molecule has 0 amide bonds. The van der Waals surface area contributed by atoms with Crippen LogP contribution in [0.25, 0.3) is 0 Å². The molecule has 0 saturated carbocycles. The number of nitrogens with zero attached hydrogens (tertiary/aromatic N) is 5. The Morgan fingerprint density at radius 1 is 1.17 bits per heavy atom. The lowest BCUT2D eigenvalue weighted by atomic mass is 10.4. The van der Waals surface area contributed by atoms with Gasteiger partial charge in [0.05, 0.1) is 0 Å². The number of rotatable bonds is 5. The number of hydrogen-bond acceptors (Lipinski definition) is 5. The minimum absolute atomic E-state index is 0.288. The predicted octanol–water partition coefficient (Wildman–Crippen LogP) is 2.36. The molecule has 0 atom stereocenters. The first-order valence-electron chi connectivity index (χ1n) is 6.66. The summed E-state index contributed by atoms with van der Waals surface area (Å²) in [5.41, 5.74) is 0. The highest BCUT2D eigenvalue weighted by atomic mass is 35.5. The van der Waals surface area contributed by atoms with E-state index in [1.54, 1.807) is 0 Å². The van der Waals surface area contributed by atoms with E-state index < -0.39 is 0 Å². The maximum atomic E-state index is 6.01. The Labute approximate surface area is 113 Å². The van der Waals surface area contributed by atoms with Gasteiger partial charge in [0.2, 0.25) is 17.2 Å². The van der Waals surface area contributed by atoms with Crippen molar-refractivity contribution in [3.05, 3.63) is 5.28 Å². The predicted molar refractivity (Wildman–Crippen MR) is 74.5 cm³/mol. The molecule has 0 N–H and O–H groups in total. The molecule has 0 aromatic carbocycles. The van der Waals surface area contributed by atoms with E-state index in [0.717, 1.165) is 38.5 Å². The average molecular weight is 270 g/mol. The second-order valence-electron chi connectivity index (χ2n) is 4.48. The van der Waals surface area contributed by atoms with Crippen molar-refractivity contribution in [3.63, 3.8) is 0 Å². The van der Waals surface area contributed by atoms with Gasteiger partial charge >= 0.3 is 0 Å². The smallest absolute Gasteiger partial charge is 0.231 e. The van der Waals surface area contributed by atoms with Gasteiger partial charge in [0.1, 0.15) is 0 Å². The van der Waals surface area contributed by atoms with Crippen LogP contribution in [0, 0.1) is 0 Å².